The molecule has 0 aliphatic carbocycles. The Hall–Kier alpha value is -2.11. The number of nitrogens with zero attached hydrogens (tertiary/aromatic N) is 1. The Labute approximate surface area is 128 Å². The van der Waals surface area contributed by atoms with Gasteiger partial charge in [-0.3, -0.25) is 4.79 Å². The fraction of sp³-hybridized carbons (Fsp3) is 0.429. The maximum Gasteiger partial charge on any atom is 0.275 e. The summed E-state index contributed by atoms with van der Waals surface area (Å²) in [5.41, 5.74) is -0.344. The second kappa shape index (κ2) is 7.24. The number of rotatable bonds is 5. The lowest BCUT2D eigenvalue weighted by Crippen LogP contribution is -2.38. The van der Waals surface area contributed by atoms with Crippen LogP contribution in [0.2, 0.25) is 0 Å². The summed E-state index contributed by atoms with van der Waals surface area (Å²) in [7, 11) is -3.86. The number of nitriles is 1. The Morgan fingerprint density at radius 3 is 2.91 bits per heavy atom. The summed E-state index contributed by atoms with van der Waals surface area (Å²) in [4.78, 5) is 11.9. The predicted octanol–water partition coefficient (Wildman–Crippen LogP) is 1.20. The number of carbonyl (C=O) groups excluding carboxylic acids is 1. The van der Waals surface area contributed by atoms with E-state index in [1.54, 1.807) is 18.2 Å². The first-order valence-electron chi connectivity index (χ1n) is 6.82. The zero-order valence-corrected chi connectivity index (χ0v) is 12.6. The van der Waals surface area contributed by atoms with E-state index in [1.165, 1.54) is 12.3 Å². The lowest BCUT2D eigenvalue weighted by Gasteiger charge is -2.22. The lowest BCUT2D eigenvalue weighted by molar-refractivity contribution is -0.115. The van der Waals surface area contributed by atoms with Gasteiger partial charge in [0.1, 0.15) is 17.4 Å². The Morgan fingerprint density at radius 1 is 1.50 bits per heavy atom. The average Bonchev–Trinajstić information content (AvgIpc) is 2.97. The highest BCUT2D eigenvalue weighted by molar-refractivity contribution is 7.90. The molecule has 0 radical (unpaired) electrons. The molecular weight excluding hydrogens is 308 g/mol. The summed E-state index contributed by atoms with van der Waals surface area (Å²) >= 11 is 0. The third-order valence-corrected chi connectivity index (χ3v) is 4.43. The fourth-order valence-corrected chi connectivity index (χ4v) is 3.31. The van der Waals surface area contributed by atoms with E-state index in [0.717, 1.165) is 12.8 Å². The summed E-state index contributed by atoms with van der Waals surface area (Å²) in [6, 6.07) is 4.80. The molecule has 1 fully saturated rings. The molecular formula is C14H16N2O5S. The minimum atomic E-state index is -3.86. The number of ether oxygens (including phenoxy) is 1. The van der Waals surface area contributed by atoms with E-state index in [2.05, 4.69) is 0 Å². The highest BCUT2D eigenvalue weighted by atomic mass is 32.2. The van der Waals surface area contributed by atoms with Crippen molar-refractivity contribution in [2.75, 3.05) is 12.4 Å². The number of nitrogens with one attached hydrogen (secondary N) is 1. The van der Waals surface area contributed by atoms with Crippen molar-refractivity contribution in [2.45, 2.75) is 25.4 Å². The zero-order valence-electron chi connectivity index (χ0n) is 11.8. The molecule has 1 N–H and O–H groups in total. The molecule has 2 heterocycles. The van der Waals surface area contributed by atoms with E-state index >= 15 is 0 Å². The summed E-state index contributed by atoms with van der Waals surface area (Å²) in [6.07, 6.45) is 4.60. The van der Waals surface area contributed by atoms with Gasteiger partial charge < -0.3 is 9.15 Å². The van der Waals surface area contributed by atoms with Crippen LogP contribution in [0.15, 0.2) is 28.4 Å². The van der Waals surface area contributed by atoms with E-state index in [0.29, 0.717) is 18.8 Å². The normalized spacial score (nSPS) is 19.4. The van der Waals surface area contributed by atoms with Crippen molar-refractivity contribution in [2.24, 2.45) is 0 Å². The van der Waals surface area contributed by atoms with Gasteiger partial charge in [-0.15, -0.1) is 0 Å². The number of hydrogen-bond donors (Lipinski definition) is 1. The molecule has 0 saturated carbocycles. The molecule has 2 rings (SSSR count). The minimum absolute atomic E-state index is 0.291. The monoisotopic (exact) mass is 324 g/mol. The van der Waals surface area contributed by atoms with Crippen molar-refractivity contribution in [3.05, 3.63) is 29.7 Å². The van der Waals surface area contributed by atoms with Gasteiger partial charge in [0.2, 0.25) is 10.0 Å². The Bertz CT molecular complexity index is 679. The van der Waals surface area contributed by atoms with Gasteiger partial charge in [-0.05, 0) is 31.4 Å². The van der Waals surface area contributed by atoms with Crippen LogP contribution in [-0.2, 0) is 19.6 Å². The summed E-state index contributed by atoms with van der Waals surface area (Å²) in [5.74, 6) is -0.979. The standard InChI is InChI=1S/C14H16N2O5S/c15-9-11(8-12-5-3-7-20-12)14(17)16-22(18,19)10-13-4-1-2-6-21-13/h3,5,7-8,13H,1-2,4,6,10H2,(H,16,17)/b11-8+. The Kier molecular flexibility index (Phi) is 5.35. The summed E-state index contributed by atoms with van der Waals surface area (Å²) < 4.78 is 36.1. The number of furan rings is 1. The first kappa shape index (κ1) is 16.3. The second-order valence-corrected chi connectivity index (χ2v) is 6.65. The summed E-state index contributed by atoms with van der Waals surface area (Å²) in [6.45, 7) is 0.524. The second-order valence-electron chi connectivity index (χ2n) is 4.89. The van der Waals surface area contributed by atoms with E-state index < -0.39 is 22.0 Å². The number of amides is 1. The summed E-state index contributed by atoms with van der Waals surface area (Å²) in [5, 5.41) is 8.97. The highest BCUT2D eigenvalue weighted by Crippen LogP contribution is 2.14. The van der Waals surface area contributed by atoms with Crippen LogP contribution in [0.5, 0.6) is 0 Å². The van der Waals surface area contributed by atoms with Gasteiger partial charge >= 0.3 is 0 Å². The van der Waals surface area contributed by atoms with Gasteiger partial charge in [0, 0.05) is 12.7 Å². The van der Waals surface area contributed by atoms with Crippen LogP contribution in [0, 0.1) is 11.3 Å². The van der Waals surface area contributed by atoms with Crippen LogP contribution in [0.1, 0.15) is 25.0 Å². The van der Waals surface area contributed by atoms with E-state index in [1.807, 2.05) is 4.72 Å². The first-order valence-corrected chi connectivity index (χ1v) is 8.47. The van der Waals surface area contributed by atoms with Crippen LogP contribution in [-0.4, -0.2) is 32.8 Å². The molecule has 1 amide bonds. The molecule has 1 unspecified atom stereocenters. The van der Waals surface area contributed by atoms with Crippen molar-refractivity contribution in [1.82, 2.24) is 4.72 Å². The third-order valence-electron chi connectivity index (χ3n) is 3.12. The van der Waals surface area contributed by atoms with Gasteiger partial charge in [0.25, 0.3) is 5.91 Å². The van der Waals surface area contributed by atoms with Crippen LogP contribution in [0.25, 0.3) is 6.08 Å². The highest BCUT2D eigenvalue weighted by Gasteiger charge is 2.25. The predicted molar refractivity (Wildman–Crippen MR) is 77.8 cm³/mol. The fourth-order valence-electron chi connectivity index (χ4n) is 2.09. The molecule has 7 nitrogen and oxygen atoms in total. The van der Waals surface area contributed by atoms with Crippen molar-refractivity contribution in [3.63, 3.8) is 0 Å². The van der Waals surface area contributed by atoms with Crippen molar-refractivity contribution in [1.29, 1.82) is 5.26 Å². The average molecular weight is 324 g/mol. The zero-order chi connectivity index (χ0) is 16.0. The van der Waals surface area contributed by atoms with Crippen LogP contribution >= 0.6 is 0 Å². The molecule has 1 atom stereocenters. The molecule has 1 aliphatic heterocycles. The van der Waals surface area contributed by atoms with Crippen molar-refractivity contribution in [3.8, 4) is 6.07 Å². The smallest absolute Gasteiger partial charge is 0.275 e. The molecule has 1 aromatic heterocycles. The molecule has 8 heteroatoms. The number of hydrogen-bond acceptors (Lipinski definition) is 6. The molecule has 0 aromatic carbocycles. The van der Waals surface area contributed by atoms with Crippen molar-refractivity contribution < 1.29 is 22.4 Å². The topological polar surface area (TPSA) is 109 Å². The van der Waals surface area contributed by atoms with E-state index in [4.69, 9.17) is 14.4 Å². The largest absolute Gasteiger partial charge is 0.465 e. The maximum atomic E-state index is 12.0. The van der Waals surface area contributed by atoms with Gasteiger partial charge in [0.15, 0.2) is 0 Å². The maximum absolute atomic E-state index is 12.0. The van der Waals surface area contributed by atoms with Crippen LogP contribution < -0.4 is 4.72 Å². The van der Waals surface area contributed by atoms with Gasteiger partial charge in [-0.2, -0.15) is 5.26 Å². The Balaban J connectivity index is 2.01. The molecule has 0 bridgehead atoms. The van der Waals surface area contributed by atoms with Crippen LogP contribution in [0.4, 0.5) is 0 Å². The molecule has 1 aliphatic rings. The number of sulfonamides is 1. The van der Waals surface area contributed by atoms with E-state index in [9.17, 15) is 13.2 Å². The molecule has 1 saturated heterocycles. The third kappa shape index (κ3) is 4.72. The molecule has 118 valence electrons. The van der Waals surface area contributed by atoms with Crippen molar-refractivity contribution >= 4 is 22.0 Å². The van der Waals surface area contributed by atoms with E-state index in [-0.39, 0.29) is 11.3 Å². The SMILES string of the molecule is N#C/C(=C\c1ccco1)C(=O)NS(=O)(=O)CC1CCCCO1. The lowest BCUT2D eigenvalue weighted by atomic mass is 10.1. The molecule has 22 heavy (non-hydrogen) atoms. The quantitative estimate of drug-likeness (QED) is 0.644. The minimum Gasteiger partial charge on any atom is -0.465 e. The number of carbonyl (C=O) groups is 1. The van der Waals surface area contributed by atoms with Crippen LogP contribution in [0.3, 0.4) is 0 Å². The van der Waals surface area contributed by atoms with Gasteiger partial charge in [-0.1, -0.05) is 0 Å². The molecule has 0 spiro atoms. The first-order chi connectivity index (χ1) is 10.5. The Morgan fingerprint density at radius 2 is 2.32 bits per heavy atom. The van der Waals surface area contributed by atoms with Gasteiger partial charge in [0.05, 0.1) is 18.1 Å². The van der Waals surface area contributed by atoms with Gasteiger partial charge in [-0.25, -0.2) is 13.1 Å². The molecule has 1 aromatic rings.